The van der Waals surface area contributed by atoms with Crippen LogP contribution in [-0.4, -0.2) is 80.2 Å². The van der Waals surface area contributed by atoms with Crippen LogP contribution in [0.2, 0.25) is 0 Å². The standard InChI is InChI=1S/C28H37N3O4/c32-27-24-10-4-11-26(22-24)34-21-5-12-25(35-28(33)23-8-2-1-3-9-23)13-18-31-17-7-16-30(19-20-31)15-6-14-29-27/h1-4,8-11,22,25H,5-7,12-21H2,(H,29,32)/t25-/m0/s1. The quantitative estimate of drug-likeness (QED) is 0.664. The molecular formula is C28H37N3O4. The van der Waals surface area contributed by atoms with Crippen LogP contribution in [0.3, 0.4) is 0 Å². The Bertz CT molecular complexity index is 952. The summed E-state index contributed by atoms with van der Waals surface area (Å²) in [5.41, 5.74) is 1.19. The molecule has 4 bridgehead atoms. The zero-order valence-corrected chi connectivity index (χ0v) is 20.5. The molecule has 0 spiro atoms. The van der Waals surface area contributed by atoms with Gasteiger partial charge in [-0.15, -0.1) is 0 Å². The molecule has 2 aliphatic heterocycles. The van der Waals surface area contributed by atoms with E-state index in [0.717, 1.165) is 71.4 Å². The number of carbonyl (C=O) groups is 2. The lowest BCUT2D eigenvalue weighted by Crippen LogP contribution is -2.34. The van der Waals surface area contributed by atoms with Crippen molar-refractivity contribution in [2.24, 2.45) is 0 Å². The van der Waals surface area contributed by atoms with E-state index in [-0.39, 0.29) is 18.0 Å². The maximum atomic E-state index is 12.7. The Labute approximate surface area is 208 Å². The molecule has 1 fully saturated rings. The first-order valence-electron chi connectivity index (χ1n) is 12.9. The van der Waals surface area contributed by atoms with E-state index >= 15 is 0 Å². The molecule has 1 saturated heterocycles. The van der Waals surface area contributed by atoms with Crippen LogP contribution in [0.4, 0.5) is 0 Å². The molecular weight excluding hydrogens is 442 g/mol. The Morgan fingerprint density at radius 1 is 0.857 bits per heavy atom. The molecule has 188 valence electrons. The third-order valence-electron chi connectivity index (χ3n) is 6.70. The van der Waals surface area contributed by atoms with Gasteiger partial charge in [-0.25, -0.2) is 4.79 Å². The summed E-state index contributed by atoms with van der Waals surface area (Å²) in [4.78, 5) is 30.3. The largest absolute Gasteiger partial charge is 0.494 e. The summed E-state index contributed by atoms with van der Waals surface area (Å²) in [6.45, 7) is 7.25. The highest BCUT2D eigenvalue weighted by Crippen LogP contribution is 2.17. The second-order valence-corrected chi connectivity index (χ2v) is 9.35. The highest BCUT2D eigenvalue weighted by Gasteiger charge is 2.20. The smallest absolute Gasteiger partial charge is 0.338 e. The van der Waals surface area contributed by atoms with Gasteiger partial charge >= 0.3 is 5.97 Å². The van der Waals surface area contributed by atoms with Crippen LogP contribution in [-0.2, 0) is 4.74 Å². The van der Waals surface area contributed by atoms with Crippen LogP contribution in [0.25, 0.3) is 0 Å². The number of esters is 1. The Hall–Kier alpha value is -2.90. The monoisotopic (exact) mass is 479 g/mol. The first kappa shape index (κ1) is 25.2. The van der Waals surface area contributed by atoms with Gasteiger partial charge in [-0.2, -0.15) is 0 Å². The molecule has 7 nitrogen and oxygen atoms in total. The number of nitrogens with one attached hydrogen (secondary N) is 1. The van der Waals surface area contributed by atoms with Crippen LogP contribution in [0.5, 0.6) is 5.75 Å². The normalized spacial score (nSPS) is 24.6. The number of benzene rings is 2. The zero-order chi connectivity index (χ0) is 24.3. The molecule has 0 aromatic heterocycles. The van der Waals surface area contributed by atoms with Crippen LogP contribution < -0.4 is 10.1 Å². The Morgan fingerprint density at radius 3 is 2.46 bits per heavy atom. The van der Waals surface area contributed by atoms with Gasteiger partial charge in [0.2, 0.25) is 0 Å². The number of nitrogens with zero attached hydrogens (tertiary/aromatic N) is 2. The number of fused-ring (bicyclic) bond motifs is 5. The van der Waals surface area contributed by atoms with Gasteiger partial charge in [0.05, 0.1) is 12.2 Å². The summed E-state index contributed by atoms with van der Waals surface area (Å²) in [5, 5.41) is 3.04. The first-order valence-corrected chi connectivity index (χ1v) is 12.9. The van der Waals surface area contributed by atoms with Gasteiger partial charge in [0.25, 0.3) is 5.91 Å². The van der Waals surface area contributed by atoms with Crippen molar-refractivity contribution in [3.8, 4) is 5.75 Å². The van der Waals surface area contributed by atoms with Crippen LogP contribution in [0.15, 0.2) is 54.6 Å². The van der Waals surface area contributed by atoms with Crippen molar-refractivity contribution < 1.29 is 19.1 Å². The molecule has 4 rings (SSSR count). The van der Waals surface area contributed by atoms with Crippen LogP contribution >= 0.6 is 0 Å². The Kier molecular flexibility index (Phi) is 9.55. The third kappa shape index (κ3) is 8.08. The van der Waals surface area contributed by atoms with Crippen molar-refractivity contribution in [2.45, 2.75) is 38.2 Å². The summed E-state index contributed by atoms with van der Waals surface area (Å²) < 4.78 is 11.9. The number of hydrogen-bond donors (Lipinski definition) is 1. The molecule has 2 heterocycles. The van der Waals surface area contributed by atoms with Gasteiger partial charge in [-0.1, -0.05) is 24.3 Å². The van der Waals surface area contributed by atoms with E-state index in [4.69, 9.17) is 9.47 Å². The van der Waals surface area contributed by atoms with Crippen molar-refractivity contribution in [1.29, 1.82) is 0 Å². The summed E-state index contributed by atoms with van der Waals surface area (Å²) in [5.74, 6) is 0.346. The van der Waals surface area contributed by atoms with Crippen molar-refractivity contribution in [3.63, 3.8) is 0 Å². The van der Waals surface area contributed by atoms with Gasteiger partial charge < -0.3 is 24.6 Å². The molecule has 1 amide bonds. The summed E-state index contributed by atoms with van der Waals surface area (Å²) in [7, 11) is 0. The summed E-state index contributed by atoms with van der Waals surface area (Å²) in [6, 6.07) is 16.5. The minimum Gasteiger partial charge on any atom is -0.494 e. The highest BCUT2D eigenvalue weighted by molar-refractivity contribution is 5.94. The van der Waals surface area contributed by atoms with Crippen LogP contribution in [0.1, 0.15) is 52.8 Å². The minimum absolute atomic E-state index is 0.0664. The van der Waals surface area contributed by atoms with Crippen LogP contribution in [0, 0.1) is 0 Å². The molecule has 7 heteroatoms. The van der Waals surface area contributed by atoms with Crippen molar-refractivity contribution in [1.82, 2.24) is 15.1 Å². The number of rotatable bonds is 2. The number of hydrogen-bond acceptors (Lipinski definition) is 6. The third-order valence-corrected chi connectivity index (χ3v) is 6.70. The Morgan fingerprint density at radius 2 is 1.63 bits per heavy atom. The summed E-state index contributed by atoms with van der Waals surface area (Å²) in [6.07, 6.45) is 4.20. The predicted octanol–water partition coefficient (Wildman–Crippen LogP) is 3.60. The predicted molar refractivity (Wildman–Crippen MR) is 136 cm³/mol. The molecule has 2 aliphatic rings. The number of amides is 1. The molecule has 3 atom stereocenters. The van der Waals surface area contributed by atoms with Crippen molar-refractivity contribution in [2.75, 3.05) is 52.4 Å². The fourth-order valence-electron chi connectivity index (χ4n) is 4.69. The average molecular weight is 480 g/mol. The molecule has 2 unspecified atom stereocenters. The van der Waals surface area contributed by atoms with E-state index in [1.807, 2.05) is 36.4 Å². The van der Waals surface area contributed by atoms with Gasteiger partial charge in [0.1, 0.15) is 11.9 Å². The lowest BCUT2D eigenvalue weighted by atomic mass is 10.1. The van der Waals surface area contributed by atoms with E-state index in [0.29, 0.717) is 30.0 Å². The number of ether oxygens (including phenoxy) is 2. The molecule has 2 aromatic rings. The van der Waals surface area contributed by atoms with E-state index < -0.39 is 0 Å². The van der Waals surface area contributed by atoms with E-state index in [2.05, 4.69) is 15.1 Å². The SMILES string of the molecule is O=C1NCCCN2CCCN(CC[C@@H](OC(=O)c3ccccc3)CCCOc3cccc1c3)CC2. The van der Waals surface area contributed by atoms with E-state index in [1.54, 1.807) is 18.2 Å². The van der Waals surface area contributed by atoms with E-state index in [9.17, 15) is 9.59 Å². The maximum absolute atomic E-state index is 12.7. The van der Waals surface area contributed by atoms with Gasteiger partial charge in [0.15, 0.2) is 0 Å². The molecule has 1 N–H and O–H groups in total. The first-order chi connectivity index (χ1) is 17.2. The highest BCUT2D eigenvalue weighted by atomic mass is 16.5. The molecule has 2 aromatic carbocycles. The molecule has 0 aliphatic carbocycles. The zero-order valence-electron chi connectivity index (χ0n) is 20.5. The lowest BCUT2D eigenvalue weighted by Gasteiger charge is -2.24. The second-order valence-electron chi connectivity index (χ2n) is 9.35. The maximum Gasteiger partial charge on any atom is 0.338 e. The van der Waals surface area contributed by atoms with E-state index in [1.165, 1.54) is 0 Å². The second kappa shape index (κ2) is 13.3. The fourth-order valence-corrected chi connectivity index (χ4v) is 4.69. The van der Waals surface area contributed by atoms with Crippen molar-refractivity contribution in [3.05, 3.63) is 65.7 Å². The fraction of sp³-hybridized carbons (Fsp3) is 0.500. The van der Waals surface area contributed by atoms with Gasteiger partial charge in [-0.05, 0) is 82.1 Å². The average Bonchev–Trinajstić information content (AvgIpc) is 3.12. The molecule has 35 heavy (non-hydrogen) atoms. The molecule has 0 saturated carbocycles. The lowest BCUT2D eigenvalue weighted by molar-refractivity contribution is 0.0222. The van der Waals surface area contributed by atoms with Gasteiger partial charge in [0, 0.05) is 31.7 Å². The summed E-state index contributed by atoms with van der Waals surface area (Å²) >= 11 is 0. The van der Waals surface area contributed by atoms with Gasteiger partial charge in [-0.3, -0.25) is 4.79 Å². The topological polar surface area (TPSA) is 71.1 Å². The molecule has 0 radical (unpaired) electrons. The minimum atomic E-state index is -0.268. The van der Waals surface area contributed by atoms with Crippen molar-refractivity contribution >= 4 is 11.9 Å². The number of carbonyl (C=O) groups excluding carboxylic acids is 2. The Balaban J connectivity index is 1.42.